The minimum Gasteiger partial charge on any atom is -0.394 e. The molecule has 0 aliphatic carbocycles. The highest BCUT2D eigenvalue weighted by molar-refractivity contribution is 5.74. The molecule has 4 N–H and O–H groups in total. The van der Waals surface area contributed by atoms with Crippen LogP contribution in [-0.2, 0) is 9.53 Å². The van der Waals surface area contributed by atoms with Gasteiger partial charge in [-0.25, -0.2) is 0 Å². The van der Waals surface area contributed by atoms with Crippen molar-refractivity contribution >= 4 is 5.91 Å². The highest BCUT2D eigenvalue weighted by Gasteiger charge is 2.37. The summed E-state index contributed by atoms with van der Waals surface area (Å²) in [6.07, 6.45) is -2.83. The SMILES string of the molecule is CC(=O)N[C]1C[C@@H](O)[C@H](O)[C@@H](CO)O1. The standard InChI is InChI=1S/C8H14NO5/c1-4(11)9-7-2-5(12)8(13)6(3-10)14-7/h5-6,8,10,12-13H,2-3H2,1H3,(H,9,11)/t5-,6-,8+/m1/s1. The lowest BCUT2D eigenvalue weighted by atomic mass is 10.0. The average molecular weight is 204 g/mol. The third-order valence-corrected chi connectivity index (χ3v) is 1.96. The molecule has 3 atom stereocenters. The summed E-state index contributed by atoms with van der Waals surface area (Å²) in [6, 6.07) is 0. The van der Waals surface area contributed by atoms with Crippen molar-refractivity contribution in [3.05, 3.63) is 6.23 Å². The first-order valence-corrected chi connectivity index (χ1v) is 4.31. The number of ether oxygens (including phenoxy) is 1. The Morgan fingerprint density at radius 2 is 2.29 bits per heavy atom. The summed E-state index contributed by atoms with van der Waals surface area (Å²) in [5.74, 6) is -0.319. The molecule has 1 saturated heterocycles. The molecule has 1 aliphatic heterocycles. The first kappa shape index (κ1) is 11.4. The molecule has 0 saturated carbocycles. The van der Waals surface area contributed by atoms with Gasteiger partial charge in [0.25, 0.3) is 0 Å². The Morgan fingerprint density at radius 1 is 1.64 bits per heavy atom. The molecule has 1 fully saturated rings. The van der Waals surface area contributed by atoms with Crippen LogP contribution >= 0.6 is 0 Å². The molecule has 1 rings (SSSR count). The van der Waals surface area contributed by atoms with E-state index in [1.807, 2.05) is 0 Å². The Labute approximate surface area is 81.5 Å². The molecule has 1 amide bonds. The van der Waals surface area contributed by atoms with E-state index in [1.54, 1.807) is 0 Å². The van der Waals surface area contributed by atoms with Crippen LogP contribution in [0.3, 0.4) is 0 Å². The van der Waals surface area contributed by atoms with Crippen LogP contribution in [0.15, 0.2) is 0 Å². The minimum atomic E-state index is -1.13. The molecule has 0 bridgehead atoms. The molecule has 0 aromatic carbocycles. The number of rotatable bonds is 2. The van der Waals surface area contributed by atoms with Crippen LogP contribution in [0.1, 0.15) is 13.3 Å². The van der Waals surface area contributed by atoms with Crippen LogP contribution < -0.4 is 5.32 Å². The molecule has 0 aromatic heterocycles. The van der Waals surface area contributed by atoms with Gasteiger partial charge in [-0.3, -0.25) is 4.79 Å². The fourth-order valence-electron chi connectivity index (χ4n) is 1.28. The van der Waals surface area contributed by atoms with E-state index in [9.17, 15) is 15.0 Å². The summed E-state index contributed by atoms with van der Waals surface area (Å²) in [5.41, 5.74) is 0. The molecule has 1 aliphatic rings. The van der Waals surface area contributed by atoms with Crippen LogP contribution in [0.25, 0.3) is 0 Å². The lowest BCUT2D eigenvalue weighted by molar-refractivity contribution is -0.153. The maximum atomic E-state index is 10.7. The number of nitrogens with one attached hydrogen (secondary N) is 1. The van der Waals surface area contributed by atoms with E-state index in [1.165, 1.54) is 6.92 Å². The molecule has 0 unspecified atom stereocenters. The Morgan fingerprint density at radius 3 is 2.79 bits per heavy atom. The molecule has 6 heteroatoms. The van der Waals surface area contributed by atoms with Gasteiger partial charge < -0.3 is 25.4 Å². The monoisotopic (exact) mass is 204 g/mol. The lowest BCUT2D eigenvalue weighted by Crippen LogP contribution is -2.50. The average Bonchev–Trinajstić information content (AvgIpc) is 2.10. The number of carbonyl (C=O) groups is 1. The molecule has 6 nitrogen and oxygen atoms in total. The number of aliphatic hydroxyl groups excluding tert-OH is 3. The van der Waals surface area contributed by atoms with Crippen molar-refractivity contribution in [2.24, 2.45) is 0 Å². The van der Waals surface area contributed by atoms with Crippen LogP contribution in [0.5, 0.6) is 0 Å². The van der Waals surface area contributed by atoms with Gasteiger partial charge in [0.2, 0.25) is 5.91 Å². The van der Waals surface area contributed by atoms with Gasteiger partial charge in [0.15, 0.2) is 6.23 Å². The Balaban J connectivity index is 2.53. The van der Waals surface area contributed by atoms with Crippen molar-refractivity contribution in [2.75, 3.05) is 6.61 Å². The zero-order valence-corrected chi connectivity index (χ0v) is 7.80. The summed E-state index contributed by atoms with van der Waals surface area (Å²) >= 11 is 0. The predicted octanol–water partition coefficient (Wildman–Crippen LogP) is -1.89. The normalized spacial score (nSPS) is 34.1. The van der Waals surface area contributed by atoms with Gasteiger partial charge in [-0.05, 0) is 0 Å². The van der Waals surface area contributed by atoms with Crippen molar-refractivity contribution in [1.82, 2.24) is 5.32 Å². The molecule has 0 aromatic rings. The third kappa shape index (κ3) is 2.65. The second kappa shape index (κ2) is 4.70. The number of carbonyl (C=O) groups excluding carboxylic acids is 1. The Kier molecular flexibility index (Phi) is 3.82. The van der Waals surface area contributed by atoms with Crippen molar-refractivity contribution in [2.45, 2.75) is 31.7 Å². The van der Waals surface area contributed by atoms with Crippen molar-refractivity contribution in [1.29, 1.82) is 0 Å². The van der Waals surface area contributed by atoms with E-state index in [0.29, 0.717) is 0 Å². The maximum Gasteiger partial charge on any atom is 0.219 e. The fourth-order valence-corrected chi connectivity index (χ4v) is 1.28. The summed E-state index contributed by atoms with van der Waals surface area (Å²) in [6.45, 7) is 0.892. The molecule has 1 radical (unpaired) electrons. The first-order chi connectivity index (χ1) is 6.54. The molecular weight excluding hydrogens is 190 g/mol. The zero-order valence-electron chi connectivity index (χ0n) is 7.80. The smallest absolute Gasteiger partial charge is 0.219 e. The van der Waals surface area contributed by atoms with E-state index in [4.69, 9.17) is 9.84 Å². The maximum absolute atomic E-state index is 10.7. The topological polar surface area (TPSA) is 99.0 Å². The van der Waals surface area contributed by atoms with Crippen LogP contribution in [0, 0.1) is 6.23 Å². The van der Waals surface area contributed by atoms with Crippen molar-refractivity contribution in [3.8, 4) is 0 Å². The number of hydrogen-bond donors (Lipinski definition) is 4. The van der Waals surface area contributed by atoms with Gasteiger partial charge in [-0.1, -0.05) is 0 Å². The number of hydrogen-bond acceptors (Lipinski definition) is 5. The highest BCUT2D eigenvalue weighted by Crippen LogP contribution is 2.23. The Bertz CT molecular complexity index is 210. The van der Waals surface area contributed by atoms with Gasteiger partial charge >= 0.3 is 0 Å². The van der Waals surface area contributed by atoms with Crippen molar-refractivity contribution in [3.63, 3.8) is 0 Å². The lowest BCUT2D eigenvalue weighted by Gasteiger charge is -2.35. The van der Waals surface area contributed by atoms with Gasteiger partial charge in [-0.15, -0.1) is 0 Å². The molecular formula is C8H14NO5. The summed E-state index contributed by atoms with van der Waals surface area (Å²) in [5, 5.41) is 29.9. The Hall–Kier alpha value is -0.690. The highest BCUT2D eigenvalue weighted by atomic mass is 16.5. The zero-order chi connectivity index (χ0) is 10.7. The minimum absolute atomic E-state index is 0.0389. The van der Waals surface area contributed by atoms with Gasteiger partial charge in [0.05, 0.1) is 12.7 Å². The molecule has 1 heterocycles. The summed E-state index contributed by atoms with van der Waals surface area (Å²) in [4.78, 5) is 10.7. The largest absolute Gasteiger partial charge is 0.394 e. The number of aliphatic hydroxyl groups is 3. The molecule has 81 valence electrons. The van der Waals surface area contributed by atoms with Gasteiger partial charge in [0, 0.05) is 13.3 Å². The predicted molar refractivity (Wildman–Crippen MR) is 45.6 cm³/mol. The summed E-state index contributed by atoms with van der Waals surface area (Å²) in [7, 11) is 0. The molecule has 14 heavy (non-hydrogen) atoms. The van der Waals surface area contributed by atoms with E-state index >= 15 is 0 Å². The molecule has 0 spiro atoms. The van der Waals surface area contributed by atoms with E-state index in [0.717, 1.165) is 0 Å². The first-order valence-electron chi connectivity index (χ1n) is 4.31. The second-order valence-electron chi connectivity index (χ2n) is 3.21. The van der Waals surface area contributed by atoms with Crippen LogP contribution in [-0.4, -0.2) is 46.1 Å². The quantitative estimate of drug-likeness (QED) is 0.422. The van der Waals surface area contributed by atoms with Gasteiger partial charge in [0.1, 0.15) is 12.2 Å². The van der Waals surface area contributed by atoms with E-state index in [2.05, 4.69) is 5.32 Å². The van der Waals surface area contributed by atoms with Crippen LogP contribution in [0.4, 0.5) is 0 Å². The van der Waals surface area contributed by atoms with Crippen molar-refractivity contribution < 1.29 is 24.9 Å². The van der Waals surface area contributed by atoms with E-state index < -0.39 is 24.9 Å². The van der Waals surface area contributed by atoms with E-state index in [-0.39, 0.29) is 18.6 Å². The third-order valence-electron chi connectivity index (χ3n) is 1.96. The second-order valence-corrected chi connectivity index (χ2v) is 3.21. The van der Waals surface area contributed by atoms with Gasteiger partial charge in [-0.2, -0.15) is 0 Å². The summed E-state index contributed by atoms with van der Waals surface area (Å²) < 4.78 is 5.05. The number of amides is 1. The fraction of sp³-hybridized carbons (Fsp3) is 0.750. The van der Waals surface area contributed by atoms with Crippen LogP contribution in [0.2, 0.25) is 0 Å².